The van der Waals surface area contributed by atoms with Gasteiger partial charge in [-0.1, -0.05) is 12.1 Å². The normalized spacial score (nSPS) is 14.1. The molecule has 2 aromatic rings. The zero-order valence-corrected chi connectivity index (χ0v) is 15.9. The molecule has 150 valence electrons. The molecule has 0 aliphatic carbocycles. The Kier molecular flexibility index (Phi) is 8.03. The van der Waals surface area contributed by atoms with Crippen LogP contribution in [0, 0.1) is 0 Å². The van der Waals surface area contributed by atoms with Crippen LogP contribution in [-0.4, -0.2) is 43.0 Å². The van der Waals surface area contributed by atoms with Crippen LogP contribution in [0.2, 0.25) is 0 Å². The quantitative estimate of drug-likeness (QED) is 0.635. The summed E-state index contributed by atoms with van der Waals surface area (Å²) < 4.78 is 48.7. The number of methoxy groups -OCH3 is 1. The number of aromatic nitrogens is 1. The fourth-order valence-corrected chi connectivity index (χ4v) is 3.22. The Morgan fingerprint density at radius 3 is 2.52 bits per heavy atom. The Morgan fingerprint density at radius 1 is 1.26 bits per heavy atom. The van der Waals surface area contributed by atoms with Gasteiger partial charge in [0.1, 0.15) is 18.5 Å². The van der Waals surface area contributed by atoms with Crippen molar-refractivity contribution < 1.29 is 27.8 Å². The second kappa shape index (κ2) is 10.0. The SMILES string of the molecule is COC(CNC(C)Cc1ccc(OCCO)cc1)c1csc(C(F)(F)F)n1. The van der Waals surface area contributed by atoms with Gasteiger partial charge in [0.2, 0.25) is 0 Å². The molecular formula is C18H23F3N2O3S. The third-order valence-electron chi connectivity index (χ3n) is 3.86. The van der Waals surface area contributed by atoms with Gasteiger partial charge in [0, 0.05) is 25.1 Å². The van der Waals surface area contributed by atoms with E-state index in [0.29, 0.717) is 23.6 Å². The van der Waals surface area contributed by atoms with Crippen molar-refractivity contribution in [2.45, 2.75) is 31.7 Å². The Hall–Kier alpha value is -1.68. The highest BCUT2D eigenvalue weighted by Gasteiger charge is 2.35. The Bertz CT molecular complexity index is 692. The maximum atomic E-state index is 12.7. The van der Waals surface area contributed by atoms with E-state index in [-0.39, 0.29) is 24.9 Å². The van der Waals surface area contributed by atoms with E-state index in [4.69, 9.17) is 14.6 Å². The van der Waals surface area contributed by atoms with Gasteiger partial charge in [-0.25, -0.2) is 4.98 Å². The summed E-state index contributed by atoms with van der Waals surface area (Å²) in [5.74, 6) is 0.692. The van der Waals surface area contributed by atoms with Crippen LogP contribution in [0.1, 0.15) is 29.3 Å². The Morgan fingerprint density at radius 2 is 1.96 bits per heavy atom. The van der Waals surface area contributed by atoms with E-state index in [9.17, 15) is 13.2 Å². The second-order valence-corrected chi connectivity index (χ2v) is 6.89. The van der Waals surface area contributed by atoms with Crippen LogP contribution in [0.25, 0.3) is 0 Å². The molecule has 0 spiro atoms. The smallest absolute Gasteiger partial charge is 0.443 e. The van der Waals surface area contributed by atoms with Gasteiger partial charge in [-0.05, 0) is 31.0 Å². The molecule has 2 atom stereocenters. The van der Waals surface area contributed by atoms with Gasteiger partial charge in [0.15, 0.2) is 5.01 Å². The molecule has 9 heteroatoms. The fourth-order valence-electron chi connectivity index (χ4n) is 2.49. The lowest BCUT2D eigenvalue weighted by atomic mass is 10.1. The number of aliphatic hydroxyl groups excluding tert-OH is 1. The number of hydrogen-bond acceptors (Lipinski definition) is 6. The minimum absolute atomic E-state index is 0.0349. The summed E-state index contributed by atoms with van der Waals surface area (Å²) in [6, 6.07) is 7.64. The highest BCUT2D eigenvalue weighted by atomic mass is 32.1. The zero-order chi connectivity index (χ0) is 19.9. The van der Waals surface area contributed by atoms with Crippen molar-refractivity contribution in [2.24, 2.45) is 0 Å². The van der Waals surface area contributed by atoms with Gasteiger partial charge in [0.05, 0.1) is 12.3 Å². The number of thiazole rings is 1. The molecule has 0 saturated heterocycles. The number of ether oxygens (including phenoxy) is 2. The number of alkyl halides is 3. The maximum Gasteiger partial charge on any atom is 0.443 e. The summed E-state index contributed by atoms with van der Waals surface area (Å²) >= 11 is 0.573. The zero-order valence-electron chi connectivity index (χ0n) is 15.1. The van der Waals surface area contributed by atoms with E-state index >= 15 is 0 Å². The Labute approximate surface area is 160 Å². The van der Waals surface area contributed by atoms with Gasteiger partial charge in [-0.3, -0.25) is 0 Å². The summed E-state index contributed by atoms with van der Waals surface area (Å²) in [6.45, 7) is 2.57. The number of halogens is 3. The topological polar surface area (TPSA) is 63.6 Å². The van der Waals surface area contributed by atoms with Crippen LogP contribution in [0.3, 0.4) is 0 Å². The molecule has 0 bridgehead atoms. The molecule has 0 radical (unpaired) electrons. The molecule has 0 aliphatic rings. The third kappa shape index (κ3) is 6.76. The lowest BCUT2D eigenvalue weighted by Crippen LogP contribution is -2.32. The number of hydrogen-bond donors (Lipinski definition) is 2. The predicted octanol–water partition coefficient (Wildman–Crippen LogP) is 3.44. The van der Waals surface area contributed by atoms with Gasteiger partial charge in [-0.2, -0.15) is 13.2 Å². The molecule has 2 N–H and O–H groups in total. The summed E-state index contributed by atoms with van der Waals surface area (Å²) in [4.78, 5) is 3.65. The number of rotatable bonds is 10. The first-order chi connectivity index (χ1) is 12.8. The molecule has 1 heterocycles. The Balaban J connectivity index is 1.85. The minimum atomic E-state index is -4.44. The molecule has 0 amide bonds. The van der Waals surface area contributed by atoms with Crippen LogP contribution in [0.15, 0.2) is 29.6 Å². The molecular weight excluding hydrogens is 381 g/mol. The molecule has 0 saturated carbocycles. The lowest BCUT2D eigenvalue weighted by molar-refractivity contribution is -0.137. The fraction of sp³-hybridized carbons (Fsp3) is 0.500. The van der Waals surface area contributed by atoms with Crippen LogP contribution < -0.4 is 10.1 Å². The monoisotopic (exact) mass is 404 g/mol. The molecule has 1 aromatic carbocycles. The first kappa shape index (κ1) is 21.6. The summed E-state index contributed by atoms with van der Waals surface area (Å²) in [5.41, 5.74) is 1.37. The highest BCUT2D eigenvalue weighted by Crippen LogP contribution is 2.33. The largest absolute Gasteiger partial charge is 0.491 e. The van der Waals surface area contributed by atoms with Gasteiger partial charge < -0.3 is 19.9 Å². The molecule has 0 aliphatic heterocycles. The van der Waals surface area contributed by atoms with Crippen LogP contribution in [0.4, 0.5) is 13.2 Å². The van der Waals surface area contributed by atoms with Crippen LogP contribution in [0.5, 0.6) is 5.75 Å². The standard InChI is InChI=1S/C18H23F3N2O3S/c1-12(9-13-3-5-14(6-4-13)26-8-7-24)22-10-16(25-2)15-11-27-17(23-15)18(19,20)21/h3-6,11-12,16,22,24H,7-10H2,1-2H3. The van der Waals surface area contributed by atoms with Gasteiger partial charge >= 0.3 is 6.18 Å². The predicted molar refractivity (Wildman–Crippen MR) is 97.1 cm³/mol. The molecule has 2 unspecified atom stereocenters. The number of nitrogens with one attached hydrogen (secondary N) is 1. The molecule has 2 rings (SSSR count). The lowest BCUT2D eigenvalue weighted by Gasteiger charge is -2.19. The number of aliphatic hydroxyl groups is 1. The van der Waals surface area contributed by atoms with Gasteiger partial charge in [-0.15, -0.1) is 11.3 Å². The van der Waals surface area contributed by atoms with Gasteiger partial charge in [0.25, 0.3) is 0 Å². The van der Waals surface area contributed by atoms with Crippen molar-refractivity contribution in [1.82, 2.24) is 10.3 Å². The van der Waals surface area contributed by atoms with E-state index in [2.05, 4.69) is 10.3 Å². The summed E-state index contributed by atoms with van der Waals surface area (Å²) in [5, 5.41) is 12.5. The average Bonchev–Trinajstić information content (AvgIpc) is 3.12. The minimum Gasteiger partial charge on any atom is -0.491 e. The van der Waals surface area contributed by atoms with E-state index in [1.165, 1.54) is 12.5 Å². The summed E-state index contributed by atoms with van der Waals surface area (Å²) in [7, 11) is 1.45. The first-order valence-electron chi connectivity index (χ1n) is 8.45. The average molecular weight is 404 g/mol. The highest BCUT2D eigenvalue weighted by molar-refractivity contribution is 7.09. The number of benzene rings is 1. The molecule has 0 fully saturated rings. The van der Waals surface area contributed by atoms with Crippen molar-refractivity contribution in [3.05, 3.63) is 45.9 Å². The molecule has 5 nitrogen and oxygen atoms in total. The molecule has 27 heavy (non-hydrogen) atoms. The molecule has 1 aromatic heterocycles. The van der Waals surface area contributed by atoms with Crippen LogP contribution in [-0.2, 0) is 17.3 Å². The van der Waals surface area contributed by atoms with E-state index in [1.54, 1.807) is 0 Å². The summed E-state index contributed by atoms with van der Waals surface area (Å²) in [6.07, 6.45) is -4.25. The van der Waals surface area contributed by atoms with E-state index < -0.39 is 17.3 Å². The van der Waals surface area contributed by atoms with Crippen molar-refractivity contribution in [3.63, 3.8) is 0 Å². The van der Waals surface area contributed by atoms with E-state index in [1.807, 2.05) is 31.2 Å². The van der Waals surface area contributed by atoms with Crippen molar-refractivity contribution in [2.75, 3.05) is 26.9 Å². The third-order valence-corrected chi connectivity index (χ3v) is 4.76. The maximum absolute atomic E-state index is 12.7. The van der Waals surface area contributed by atoms with E-state index in [0.717, 1.165) is 12.0 Å². The second-order valence-electron chi connectivity index (χ2n) is 6.03. The van der Waals surface area contributed by atoms with Crippen LogP contribution >= 0.6 is 11.3 Å². The van der Waals surface area contributed by atoms with Crippen molar-refractivity contribution in [3.8, 4) is 5.75 Å². The van der Waals surface area contributed by atoms with Crippen molar-refractivity contribution >= 4 is 11.3 Å². The first-order valence-corrected chi connectivity index (χ1v) is 9.32. The van der Waals surface area contributed by atoms with Crippen molar-refractivity contribution in [1.29, 1.82) is 0 Å². The number of nitrogens with zero attached hydrogens (tertiary/aromatic N) is 1.